The van der Waals surface area contributed by atoms with Gasteiger partial charge in [-0.25, -0.2) is 0 Å². The number of anilines is 1. The van der Waals surface area contributed by atoms with Crippen molar-refractivity contribution in [2.75, 3.05) is 37.7 Å². The van der Waals surface area contributed by atoms with Gasteiger partial charge in [0.2, 0.25) is 11.8 Å². The highest BCUT2D eigenvalue weighted by Crippen LogP contribution is 2.35. The molecule has 130 valence electrons. The van der Waals surface area contributed by atoms with Gasteiger partial charge < -0.3 is 4.90 Å². The van der Waals surface area contributed by atoms with Gasteiger partial charge in [-0.2, -0.15) is 0 Å². The number of nitrogens with zero attached hydrogens (tertiary/aromatic N) is 3. The summed E-state index contributed by atoms with van der Waals surface area (Å²) in [5.74, 6) is -0.0681. The molecule has 2 aliphatic heterocycles. The van der Waals surface area contributed by atoms with Crippen molar-refractivity contribution in [2.24, 2.45) is 5.41 Å². The van der Waals surface area contributed by atoms with Crippen LogP contribution in [0.3, 0.4) is 0 Å². The van der Waals surface area contributed by atoms with Gasteiger partial charge in [-0.3, -0.25) is 19.4 Å². The third-order valence-electron chi connectivity index (χ3n) is 5.29. The van der Waals surface area contributed by atoms with Crippen LogP contribution in [-0.2, 0) is 9.59 Å². The molecule has 0 aliphatic carbocycles. The van der Waals surface area contributed by atoms with Crippen LogP contribution in [0.4, 0.5) is 5.69 Å². The molecule has 0 aromatic heterocycles. The molecule has 0 N–H and O–H groups in total. The molecule has 1 aromatic rings. The third-order valence-corrected chi connectivity index (χ3v) is 5.61. The summed E-state index contributed by atoms with van der Waals surface area (Å²) in [6.07, 6.45) is 1.04. The molecule has 3 rings (SSSR count). The quantitative estimate of drug-likeness (QED) is 0.784. The zero-order valence-corrected chi connectivity index (χ0v) is 15.1. The van der Waals surface area contributed by atoms with Crippen LogP contribution in [0.5, 0.6) is 0 Å². The Kier molecular flexibility index (Phi) is 4.83. The largest absolute Gasteiger partial charge is 0.368 e. The predicted molar refractivity (Wildman–Crippen MR) is 95.0 cm³/mol. The fraction of sp³-hybridized carbons (Fsp3) is 0.556. The molecule has 5 nitrogen and oxygen atoms in total. The van der Waals surface area contributed by atoms with Crippen molar-refractivity contribution in [1.29, 1.82) is 0 Å². The number of carbonyl (C=O) groups excluding carboxylic acids is 2. The normalized spacial score (nSPS) is 25.6. The van der Waals surface area contributed by atoms with E-state index in [2.05, 4.69) is 9.80 Å². The number of likely N-dealkylation sites (tertiary alicyclic amines) is 1. The van der Waals surface area contributed by atoms with Crippen LogP contribution in [0.25, 0.3) is 0 Å². The summed E-state index contributed by atoms with van der Waals surface area (Å²) < 4.78 is 0. The highest BCUT2D eigenvalue weighted by molar-refractivity contribution is 6.33. The van der Waals surface area contributed by atoms with E-state index in [1.165, 1.54) is 4.90 Å². The fourth-order valence-corrected chi connectivity index (χ4v) is 3.66. The maximum absolute atomic E-state index is 12.5. The lowest BCUT2D eigenvalue weighted by Crippen LogP contribution is -2.51. The summed E-state index contributed by atoms with van der Waals surface area (Å²) in [5, 5.41) is 0.759. The number of halogens is 1. The van der Waals surface area contributed by atoms with Gasteiger partial charge >= 0.3 is 0 Å². The highest BCUT2D eigenvalue weighted by Gasteiger charge is 2.47. The third kappa shape index (κ3) is 3.15. The van der Waals surface area contributed by atoms with Crippen molar-refractivity contribution in [3.8, 4) is 0 Å². The molecule has 0 bridgehead atoms. The van der Waals surface area contributed by atoms with Crippen LogP contribution in [0, 0.1) is 5.41 Å². The first-order valence-electron chi connectivity index (χ1n) is 8.51. The number of amides is 2. The van der Waals surface area contributed by atoms with Crippen molar-refractivity contribution in [3.05, 3.63) is 29.3 Å². The molecule has 6 heteroatoms. The Morgan fingerprint density at radius 3 is 2.38 bits per heavy atom. The van der Waals surface area contributed by atoms with E-state index >= 15 is 0 Å². The SMILES string of the molecule is CCC1(C)CC(=O)N(CN2CCN(c3ccccc3Cl)CC2)C1=O. The molecular formula is C18H24ClN3O2. The van der Waals surface area contributed by atoms with Crippen LogP contribution >= 0.6 is 11.6 Å². The lowest BCUT2D eigenvalue weighted by Gasteiger charge is -2.37. The molecule has 2 saturated heterocycles. The standard InChI is InChI=1S/C18H24ClN3O2/c1-3-18(2)12-16(23)22(17(18)24)13-20-8-10-21(11-9-20)15-7-5-4-6-14(15)19/h4-7H,3,8-13H2,1-2H3. The topological polar surface area (TPSA) is 43.9 Å². The second-order valence-electron chi connectivity index (χ2n) is 6.92. The van der Waals surface area contributed by atoms with Crippen LogP contribution in [-0.4, -0.2) is 54.5 Å². The number of piperazine rings is 1. The number of para-hydroxylation sites is 1. The number of carbonyl (C=O) groups is 2. The van der Waals surface area contributed by atoms with E-state index in [4.69, 9.17) is 11.6 Å². The van der Waals surface area contributed by atoms with E-state index in [1.807, 2.05) is 38.1 Å². The van der Waals surface area contributed by atoms with Gasteiger partial charge in [0.1, 0.15) is 0 Å². The monoisotopic (exact) mass is 349 g/mol. The molecule has 0 spiro atoms. The molecule has 0 saturated carbocycles. The van der Waals surface area contributed by atoms with E-state index < -0.39 is 5.41 Å². The second-order valence-corrected chi connectivity index (χ2v) is 7.32. The number of imide groups is 1. The molecule has 2 fully saturated rings. The van der Waals surface area contributed by atoms with Crippen molar-refractivity contribution in [1.82, 2.24) is 9.80 Å². The minimum atomic E-state index is -0.517. The molecule has 1 unspecified atom stereocenters. The van der Waals surface area contributed by atoms with Gasteiger partial charge in [-0.15, -0.1) is 0 Å². The lowest BCUT2D eigenvalue weighted by molar-refractivity contribution is -0.143. The molecule has 2 aliphatic rings. The van der Waals surface area contributed by atoms with Crippen molar-refractivity contribution < 1.29 is 9.59 Å². The Balaban J connectivity index is 1.59. The number of hydrogen-bond acceptors (Lipinski definition) is 4. The minimum absolute atomic E-state index is 0.0245. The highest BCUT2D eigenvalue weighted by atomic mass is 35.5. The maximum Gasteiger partial charge on any atom is 0.236 e. The van der Waals surface area contributed by atoms with Crippen LogP contribution in [0.15, 0.2) is 24.3 Å². The predicted octanol–water partition coefficient (Wildman–Crippen LogP) is 2.59. The second kappa shape index (κ2) is 6.73. The molecule has 2 amide bonds. The zero-order valence-electron chi connectivity index (χ0n) is 14.3. The van der Waals surface area contributed by atoms with Gasteiger partial charge in [0.25, 0.3) is 0 Å². The van der Waals surface area contributed by atoms with Gasteiger partial charge in [0.15, 0.2) is 0 Å². The average Bonchev–Trinajstić information content (AvgIpc) is 2.80. The minimum Gasteiger partial charge on any atom is -0.368 e. The molecule has 2 heterocycles. The van der Waals surface area contributed by atoms with Crippen molar-refractivity contribution in [2.45, 2.75) is 26.7 Å². The summed E-state index contributed by atoms with van der Waals surface area (Å²) in [7, 11) is 0. The number of rotatable bonds is 4. The summed E-state index contributed by atoms with van der Waals surface area (Å²) >= 11 is 6.26. The van der Waals surface area contributed by atoms with Gasteiger partial charge in [-0.05, 0) is 18.6 Å². The van der Waals surface area contributed by atoms with Gasteiger partial charge in [0.05, 0.1) is 22.8 Å². The summed E-state index contributed by atoms with van der Waals surface area (Å²) in [4.78, 5) is 30.6. The van der Waals surface area contributed by atoms with Crippen molar-refractivity contribution in [3.63, 3.8) is 0 Å². The Labute approximate surface area is 148 Å². The number of benzene rings is 1. The summed E-state index contributed by atoms with van der Waals surface area (Å²) in [5.41, 5.74) is 0.530. The van der Waals surface area contributed by atoms with E-state index in [0.717, 1.165) is 36.9 Å². The van der Waals surface area contributed by atoms with E-state index in [-0.39, 0.29) is 11.8 Å². The zero-order chi connectivity index (χ0) is 17.3. The smallest absolute Gasteiger partial charge is 0.236 e. The molecule has 0 radical (unpaired) electrons. The maximum atomic E-state index is 12.5. The van der Waals surface area contributed by atoms with Gasteiger partial charge in [-0.1, -0.05) is 37.6 Å². The van der Waals surface area contributed by atoms with Gasteiger partial charge in [0, 0.05) is 32.6 Å². The Bertz CT molecular complexity index is 643. The van der Waals surface area contributed by atoms with E-state index in [9.17, 15) is 9.59 Å². The van der Waals surface area contributed by atoms with E-state index in [1.54, 1.807) is 0 Å². The summed E-state index contributed by atoms with van der Waals surface area (Å²) in [6.45, 7) is 7.56. The molecular weight excluding hydrogens is 326 g/mol. The first kappa shape index (κ1) is 17.2. The summed E-state index contributed by atoms with van der Waals surface area (Å²) in [6, 6.07) is 7.84. The Morgan fingerprint density at radius 1 is 1.12 bits per heavy atom. The van der Waals surface area contributed by atoms with Crippen LogP contribution in [0.1, 0.15) is 26.7 Å². The van der Waals surface area contributed by atoms with Crippen LogP contribution < -0.4 is 4.90 Å². The molecule has 1 atom stereocenters. The Morgan fingerprint density at radius 2 is 1.79 bits per heavy atom. The fourth-order valence-electron chi connectivity index (χ4n) is 3.40. The first-order chi connectivity index (χ1) is 11.4. The first-order valence-corrected chi connectivity index (χ1v) is 8.89. The Hall–Kier alpha value is -1.59. The lowest BCUT2D eigenvalue weighted by atomic mass is 9.86. The van der Waals surface area contributed by atoms with Crippen LogP contribution in [0.2, 0.25) is 5.02 Å². The average molecular weight is 350 g/mol. The number of hydrogen-bond donors (Lipinski definition) is 0. The van der Waals surface area contributed by atoms with E-state index in [0.29, 0.717) is 19.5 Å². The molecule has 24 heavy (non-hydrogen) atoms. The van der Waals surface area contributed by atoms with Crippen molar-refractivity contribution >= 4 is 29.1 Å². The molecule has 1 aromatic carbocycles.